The highest BCUT2D eigenvalue weighted by Gasteiger charge is 2.40. The van der Waals surface area contributed by atoms with Crippen molar-refractivity contribution in [3.8, 4) is 0 Å². The molecule has 33 heavy (non-hydrogen) atoms. The number of nitrogens with zero attached hydrogens (tertiary/aromatic N) is 1. The van der Waals surface area contributed by atoms with Crippen LogP contribution in [0.15, 0.2) is 52.3 Å². The van der Waals surface area contributed by atoms with Gasteiger partial charge in [0.25, 0.3) is 5.91 Å². The third-order valence-corrected chi connectivity index (χ3v) is 8.20. The van der Waals surface area contributed by atoms with E-state index in [0.717, 1.165) is 9.87 Å². The first-order valence-corrected chi connectivity index (χ1v) is 13.1. The Labute approximate surface area is 192 Å². The van der Waals surface area contributed by atoms with Crippen LogP contribution in [0.25, 0.3) is 0 Å². The second kappa shape index (κ2) is 9.59. The first-order chi connectivity index (χ1) is 15.4. The highest BCUT2D eigenvalue weighted by molar-refractivity contribution is 7.89. The van der Waals surface area contributed by atoms with Crippen LogP contribution in [0.3, 0.4) is 0 Å². The van der Waals surface area contributed by atoms with Crippen molar-refractivity contribution in [2.45, 2.75) is 42.5 Å². The number of amides is 1. The van der Waals surface area contributed by atoms with Crippen molar-refractivity contribution >= 4 is 37.6 Å². The van der Waals surface area contributed by atoms with Gasteiger partial charge in [-0.1, -0.05) is 23.8 Å². The molecule has 3 N–H and O–H groups in total. The number of hydrogen-bond donors (Lipinski definition) is 2. The lowest BCUT2D eigenvalue weighted by atomic mass is 10.2. The molecule has 0 bridgehead atoms. The summed E-state index contributed by atoms with van der Waals surface area (Å²) < 4.78 is 55.3. The van der Waals surface area contributed by atoms with Crippen LogP contribution in [0.5, 0.6) is 0 Å². The fourth-order valence-electron chi connectivity index (χ4n) is 3.52. The molecule has 178 valence electrons. The van der Waals surface area contributed by atoms with Crippen molar-refractivity contribution in [3.05, 3.63) is 53.6 Å². The standard InChI is InChI=1S/C21H25N3O7S2/c1-14-5-9-17(10-6-14)33(29,30)24-11-3-4-18(24)21(26)31-13-20(25)23-16-8-7-15(2)19(12-16)32(22,27)28/h5-10,12,18H,3-4,11,13H2,1-2H3,(H,23,25)(H2,22,27,28). The molecule has 12 heteroatoms. The average molecular weight is 496 g/mol. The Kier molecular flexibility index (Phi) is 7.22. The molecule has 1 fully saturated rings. The van der Waals surface area contributed by atoms with E-state index in [2.05, 4.69) is 5.32 Å². The largest absolute Gasteiger partial charge is 0.454 e. The molecule has 1 heterocycles. The third-order valence-electron chi connectivity index (χ3n) is 5.23. The normalized spacial score (nSPS) is 17.0. The highest BCUT2D eigenvalue weighted by Crippen LogP contribution is 2.27. The number of aryl methyl sites for hydroxylation is 2. The van der Waals surface area contributed by atoms with Crippen molar-refractivity contribution in [1.29, 1.82) is 0 Å². The van der Waals surface area contributed by atoms with Crippen LogP contribution in [0.2, 0.25) is 0 Å². The van der Waals surface area contributed by atoms with Crippen molar-refractivity contribution in [1.82, 2.24) is 4.31 Å². The Hall–Kier alpha value is -2.80. The lowest BCUT2D eigenvalue weighted by Gasteiger charge is -2.22. The number of nitrogens with one attached hydrogen (secondary N) is 1. The van der Waals surface area contributed by atoms with E-state index in [0.29, 0.717) is 12.0 Å². The number of anilines is 1. The van der Waals surface area contributed by atoms with Crippen molar-refractivity contribution < 1.29 is 31.2 Å². The first-order valence-electron chi connectivity index (χ1n) is 10.1. The van der Waals surface area contributed by atoms with Gasteiger partial charge in [0.05, 0.1) is 9.79 Å². The van der Waals surface area contributed by atoms with Gasteiger partial charge in [-0.05, 0) is 56.5 Å². The number of esters is 1. The summed E-state index contributed by atoms with van der Waals surface area (Å²) in [6.07, 6.45) is 0.762. The van der Waals surface area contributed by atoms with Crippen LogP contribution in [0.1, 0.15) is 24.0 Å². The van der Waals surface area contributed by atoms with E-state index in [1.54, 1.807) is 19.1 Å². The summed E-state index contributed by atoms with van der Waals surface area (Å²) in [6, 6.07) is 9.45. The lowest BCUT2D eigenvalue weighted by molar-refractivity contribution is -0.150. The van der Waals surface area contributed by atoms with Gasteiger partial charge >= 0.3 is 5.97 Å². The minimum atomic E-state index is -3.97. The van der Waals surface area contributed by atoms with Crippen LogP contribution in [-0.2, 0) is 34.4 Å². The minimum absolute atomic E-state index is 0.0792. The molecule has 1 atom stereocenters. The molecule has 1 aliphatic rings. The van der Waals surface area contributed by atoms with E-state index < -0.39 is 44.6 Å². The molecule has 0 saturated carbocycles. The number of carbonyl (C=O) groups excluding carboxylic acids is 2. The van der Waals surface area contributed by atoms with Gasteiger partial charge in [0.2, 0.25) is 20.0 Å². The van der Waals surface area contributed by atoms with E-state index in [1.165, 1.54) is 30.3 Å². The molecule has 2 aromatic rings. The molecule has 0 aromatic heterocycles. The Balaban J connectivity index is 1.64. The Morgan fingerprint density at radius 3 is 2.39 bits per heavy atom. The minimum Gasteiger partial charge on any atom is -0.454 e. The maximum atomic E-state index is 13.0. The van der Waals surface area contributed by atoms with E-state index in [4.69, 9.17) is 9.88 Å². The lowest BCUT2D eigenvalue weighted by Crippen LogP contribution is -2.42. The third kappa shape index (κ3) is 5.77. The summed E-state index contributed by atoms with van der Waals surface area (Å²) in [7, 11) is -7.87. The molecular formula is C21H25N3O7S2. The van der Waals surface area contributed by atoms with Crippen molar-refractivity contribution in [3.63, 3.8) is 0 Å². The number of ether oxygens (including phenoxy) is 1. The quantitative estimate of drug-likeness (QED) is 0.549. The summed E-state index contributed by atoms with van der Waals surface area (Å²) in [5.41, 5.74) is 1.48. The molecule has 3 rings (SSSR count). The fourth-order valence-corrected chi connectivity index (χ4v) is 5.98. The number of primary sulfonamides is 1. The number of nitrogens with two attached hydrogens (primary N) is 1. The second-order valence-electron chi connectivity index (χ2n) is 7.77. The summed E-state index contributed by atoms with van der Waals surface area (Å²) in [5.74, 6) is -1.54. The molecule has 1 unspecified atom stereocenters. The van der Waals surface area contributed by atoms with Crippen LogP contribution in [0.4, 0.5) is 5.69 Å². The predicted octanol–water partition coefficient (Wildman–Crippen LogP) is 1.29. The number of carbonyl (C=O) groups is 2. The van der Waals surface area contributed by atoms with Gasteiger partial charge in [0.1, 0.15) is 6.04 Å². The molecule has 0 radical (unpaired) electrons. The van der Waals surface area contributed by atoms with Crippen LogP contribution < -0.4 is 10.5 Å². The van der Waals surface area contributed by atoms with E-state index in [9.17, 15) is 26.4 Å². The number of sulfonamides is 2. The number of rotatable bonds is 7. The summed E-state index contributed by atoms with van der Waals surface area (Å²) >= 11 is 0. The zero-order chi connectivity index (χ0) is 24.4. The smallest absolute Gasteiger partial charge is 0.324 e. The van der Waals surface area contributed by atoms with Gasteiger partial charge in [-0.3, -0.25) is 9.59 Å². The van der Waals surface area contributed by atoms with E-state index >= 15 is 0 Å². The maximum Gasteiger partial charge on any atom is 0.324 e. The zero-order valence-corrected chi connectivity index (χ0v) is 19.8. The van der Waals surface area contributed by atoms with Crippen LogP contribution in [-0.4, -0.2) is 52.2 Å². The van der Waals surface area contributed by atoms with Crippen LogP contribution in [0, 0.1) is 13.8 Å². The van der Waals surface area contributed by atoms with Gasteiger partial charge in [0, 0.05) is 12.2 Å². The van der Waals surface area contributed by atoms with Gasteiger partial charge < -0.3 is 10.1 Å². The van der Waals surface area contributed by atoms with Crippen molar-refractivity contribution in [2.75, 3.05) is 18.5 Å². The topological polar surface area (TPSA) is 153 Å². The maximum absolute atomic E-state index is 13.0. The summed E-state index contributed by atoms with van der Waals surface area (Å²) in [4.78, 5) is 24.7. The van der Waals surface area contributed by atoms with Gasteiger partial charge in [-0.25, -0.2) is 22.0 Å². The van der Waals surface area contributed by atoms with Gasteiger partial charge in [0.15, 0.2) is 6.61 Å². The highest BCUT2D eigenvalue weighted by atomic mass is 32.2. The summed E-state index contributed by atoms with van der Waals surface area (Å²) in [6.45, 7) is 2.91. The predicted molar refractivity (Wildman–Crippen MR) is 120 cm³/mol. The van der Waals surface area contributed by atoms with Gasteiger partial charge in [-0.15, -0.1) is 0 Å². The molecule has 1 amide bonds. The summed E-state index contributed by atoms with van der Waals surface area (Å²) in [5, 5.41) is 7.59. The molecule has 1 aliphatic heterocycles. The SMILES string of the molecule is Cc1ccc(S(=O)(=O)N2CCCC2C(=O)OCC(=O)Nc2ccc(C)c(S(N)(=O)=O)c2)cc1. The Morgan fingerprint density at radius 1 is 1.09 bits per heavy atom. The number of benzene rings is 2. The molecule has 1 saturated heterocycles. The molecule has 10 nitrogen and oxygen atoms in total. The van der Waals surface area contributed by atoms with Crippen LogP contribution >= 0.6 is 0 Å². The van der Waals surface area contributed by atoms with Crippen molar-refractivity contribution in [2.24, 2.45) is 5.14 Å². The van der Waals surface area contributed by atoms with E-state index in [-0.39, 0.29) is 28.4 Å². The zero-order valence-electron chi connectivity index (χ0n) is 18.1. The Morgan fingerprint density at radius 2 is 1.76 bits per heavy atom. The Bertz CT molecular complexity index is 1270. The number of hydrogen-bond acceptors (Lipinski definition) is 7. The second-order valence-corrected chi connectivity index (χ2v) is 11.2. The van der Waals surface area contributed by atoms with Gasteiger partial charge in [-0.2, -0.15) is 4.31 Å². The molecular weight excluding hydrogens is 470 g/mol. The molecule has 0 spiro atoms. The average Bonchev–Trinajstić information content (AvgIpc) is 3.24. The monoisotopic (exact) mass is 495 g/mol. The van der Waals surface area contributed by atoms with E-state index in [1.807, 2.05) is 6.92 Å². The first kappa shape index (κ1) is 24.8. The fraction of sp³-hybridized carbons (Fsp3) is 0.333. The molecule has 2 aromatic carbocycles. The molecule has 0 aliphatic carbocycles.